The molecule has 1 unspecified atom stereocenters. The Labute approximate surface area is 198 Å². The van der Waals surface area contributed by atoms with Gasteiger partial charge < -0.3 is 19.9 Å². The molecule has 0 saturated carbocycles. The standard InChI is InChI=1S/C21H19Cl2N3O5S/c1-2-30-17-8-12(10-24-26-21-25-20(29)18(32-21)9-19(27)28)4-6-16(17)31-11-13-3-5-14(22)15(23)7-13/h3-8,10,18H,2,9,11H2,1H3,(H,27,28)(H,25,26,29)/b24-10+. The van der Waals surface area contributed by atoms with E-state index in [0.717, 1.165) is 17.3 Å². The molecule has 11 heteroatoms. The van der Waals surface area contributed by atoms with E-state index in [1.54, 1.807) is 30.3 Å². The summed E-state index contributed by atoms with van der Waals surface area (Å²) in [5, 5.41) is 19.7. The number of rotatable bonds is 9. The number of amidine groups is 1. The summed E-state index contributed by atoms with van der Waals surface area (Å²) >= 11 is 13.0. The number of carboxylic acid groups (broad SMARTS) is 1. The molecule has 1 aliphatic rings. The zero-order valence-electron chi connectivity index (χ0n) is 16.9. The Morgan fingerprint density at radius 2 is 2.00 bits per heavy atom. The Balaban J connectivity index is 1.66. The fraction of sp³-hybridized carbons (Fsp3) is 0.238. The molecule has 8 nitrogen and oxygen atoms in total. The van der Waals surface area contributed by atoms with Crippen LogP contribution in [0.2, 0.25) is 10.0 Å². The number of carbonyl (C=O) groups is 2. The van der Waals surface area contributed by atoms with Crippen LogP contribution in [0.5, 0.6) is 11.5 Å². The van der Waals surface area contributed by atoms with E-state index in [4.69, 9.17) is 37.8 Å². The van der Waals surface area contributed by atoms with Crippen molar-refractivity contribution in [3.05, 3.63) is 57.6 Å². The number of ether oxygens (including phenoxy) is 2. The molecule has 1 heterocycles. The van der Waals surface area contributed by atoms with Gasteiger partial charge in [-0.2, -0.15) is 5.10 Å². The van der Waals surface area contributed by atoms with E-state index in [1.807, 2.05) is 13.0 Å². The summed E-state index contributed by atoms with van der Waals surface area (Å²) in [5.41, 5.74) is 1.57. The molecule has 3 rings (SSSR count). The van der Waals surface area contributed by atoms with Crippen LogP contribution < -0.4 is 14.8 Å². The van der Waals surface area contributed by atoms with Crippen LogP contribution in [-0.4, -0.2) is 40.2 Å². The van der Waals surface area contributed by atoms with E-state index in [0.29, 0.717) is 33.7 Å². The number of hydrogen-bond donors (Lipinski definition) is 2. The van der Waals surface area contributed by atoms with Gasteiger partial charge in [0.15, 0.2) is 16.7 Å². The Bertz CT molecular complexity index is 1080. The maximum Gasteiger partial charge on any atom is 0.305 e. The van der Waals surface area contributed by atoms with Crippen LogP contribution in [0, 0.1) is 0 Å². The van der Waals surface area contributed by atoms with Gasteiger partial charge in [-0.25, -0.2) is 0 Å². The molecule has 0 spiro atoms. The van der Waals surface area contributed by atoms with Crippen LogP contribution in [0.25, 0.3) is 0 Å². The Morgan fingerprint density at radius 3 is 2.72 bits per heavy atom. The van der Waals surface area contributed by atoms with Crippen molar-refractivity contribution < 1.29 is 24.2 Å². The second-order valence-corrected chi connectivity index (χ2v) is 8.53. The van der Waals surface area contributed by atoms with Crippen LogP contribution in [-0.2, 0) is 16.2 Å². The van der Waals surface area contributed by atoms with Crippen LogP contribution in [0.15, 0.2) is 46.6 Å². The summed E-state index contributed by atoms with van der Waals surface area (Å²) in [6.07, 6.45) is 1.22. The lowest BCUT2D eigenvalue weighted by Gasteiger charge is -2.13. The molecule has 2 aromatic rings. The Morgan fingerprint density at radius 1 is 1.19 bits per heavy atom. The van der Waals surface area contributed by atoms with E-state index in [2.05, 4.69) is 15.5 Å². The summed E-state index contributed by atoms with van der Waals surface area (Å²) < 4.78 is 11.5. The highest BCUT2D eigenvalue weighted by Crippen LogP contribution is 2.30. The van der Waals surface area contributed by atoms with Crippen molar-refractivity contribution in [3.8, 4) is 11.5 Å². The Hall–Kier alpha value is -2.75. The number of aliphatic carboxylic acids is 1. The highest BCUT2D eigenvalue weighted by molar-refractivity contribution is 8.15. The lowest BCUT2D eigenvalue weighted by atomic mass is 10.2. The third-order valence-electron chi connectivity index (χ3n) is 4.14. The monoisotopic (exact) mass is 495 g/mol. The molecule has 32 heavy (non-hydrogen) atoms. The molecule has 1 amide bonds. The fourth-order valence-corrected chi connectivity index (χ4v) is 3.91. The topological polar surface area (TPSA) is 110 Å². The predicted molar refractivity (Wildman–Crippen MR) is 125 cm³/mol. The third-order valence-corrected chi connectivity index (χ3v) is 5.95. The quantitative estimate of drug-likeness (QED) is 0.394. The molecular formula is C21H19Cl2N3O5S. The molecule has 2 aromatic carbocycles. The number of hydrogen-bond acceptors (Lipinski definition) is 7. The van der Waals surface area contributed by atoms with E-state index >= 15 is 0 Å². The zero-order chi connectivity index (χ0) is 23.1. The molecule has 1 atom stereocenters. The van der Waals surface area contributed by atoms with Crippen molar-refractivity contribution in [2.75, 3.05) is 6.61 Å². The van der Waals surface area contributed by atoms with Gasteiger partial charge in [0, 0.05) is 0 Å². The first-order valence-corrected chi connectivity index (χ1v) is 11.1. The number of nitrogens with zero attached hydrogens (tertiary/aromatic N) is 2. The summed E-state index contributed by atoms with van der Waals surface area (Å²) in [6, 6.07) is 10.6. The van der Waals surface area contributed by atoms with Crippen molar-refractivity contribution in [1.29, 1.82) is 0 Å². The minimum absolute atomic E-state index is 0.254. The fourth-order valence-electron chi connectivity index (χ4n) is 2.68. The minimum atomic E-state index is -1.05. The molecule has 1 aliphatic heterocycles. The third kappa shape index (κ3) is 6.62. The smallest absolute Gasteiger partial charge is 0.305 e. The van der Waals surface area contributed by atoms with Gasteiger partial charge in [0.05, 0.1) is 29.3 Å². The van der Waals surface area contributed by atoms with Gasteiger partial charge in [0.1, 0.15) is 11.9 Å². The highest BCUT2D eigenvalue weighted by Gasteiger charge is 2.32. The van der Waals surface area contributed by atoms with E-state index in [1.165, 1.54) is 6.21 Å². The molecule has 1 saturated heterocycles. The largest absolute Gasteiger partial charge is 0.490 e. The molecule has 0 aliphatic carbocycles. The second-order valence-electron chi connectivity index (χ2n) is 6.52. The van der Waals surface area contributed by atoms with E-state index in [-0.39, 0.29) is 18.2 Å². The first-order chi connectivity index (χ1) is 15.4. The van der Waals surface area contributed by atoms with Crippen LogP contribution in [0.3, 0.4) is 0 Å². The molecular weight excluding hydrogens is 477 g/mol. The van der Waals surface area contributed by atoms with E-state index < -0.39 is 17.1 Å². The maximum absolute atomic E-state index is 11.7. The zero-order valence-corrected chi connectivity index (χ0v) is 19.2. The maximum atomic E-state index is 11.7. The van der Waals surface area contributed by atoms with Gasteiger partial charge >= 0.3 is 5.97 Å². The Kier molecular flexibility index (Phi) is 8.38. The van der Waals surface area contributed by atoms with Gasteiger partial charge in [-0.3, -0.25) is 9.59 Å². The van der Waals surface area contributed by atoms with Crippen molar-refractivity contribution in [3.63, 3.8) is 0 Å². The number of amides is 1. The number of thioether (sulfide) groups is 1. The van der Waals surface area contributed by atoms with Gasteiger partial charge in [0.25, 0.3) is 0 Å². The van der Waals surface area contributed by atoms with Crippen LogP contribution in [0.1, 0.15) is 24.5 Å². The summed E-state index contributed by atoms with van der Waals surface area (Å²) in [6.45, 7) is 2.59. The SMILES string of the molecule is CCOc1cc(/C=N/N=C2\NC(=O)C(CC(=O)O)S2)ccc1OCc1ccc(Cl)c(Cl)c1. The second kappa shape index (κ2) is 11.2. The van der Waals surface area contributed by atoms with Gasteiger partial charge in [-0.15, -0.1) is 5.10 Å². The molecule has 2 N–H and O–H groups in total. The lowest BCUT2D eigenvalue weighted by Crippen LogP contribution is -2.26. The van der Waals surface area contributed by atoms with Crippen molar-refractivity contribution in [1.82, 2.24) is 5.32 Å². The number of carbonyl (C=O) groups excluding carboxylic acids is 1. The van der Waals surface area contributed by atoms with Crippen LogP contribution in [0.4, 0.5) is 0 Å². The predicted octanol–water partition coefficient (Wildman–Crippen LogP) is 4.37. The summed E-state index contributed by atoms with van der Waals surface area (Å²) in [4.78, 5) is 22.5. The normalized spacial score (nSPS) is 17.0. The number of nitrogens with one attached hydrogen (secondary N) is 1. The number of carboxylic acids is 1. The van der Waals surface area contributed by atoms with Crippen LogP contribution >= 0.6 is 35.0 Å². The van der Waals surface area contributed by atoms with E-state index in [9.17, 15) is 9.59 Å². The molecule has 168 valence electrons. The first-order valence-electron chi connectivity index (χ1n) is 9.49. The molecule has 1 fully saturated rings. The highest BCUT2D eigenvalue weighted by atomic mass is 35.5. The molecule has 0 radical (unpaired) electrons. The van der Waals surface area contributed by atoms with Crippen molar-refractivity contribution >= 4 is 58.2 Å². The van der Waals surface area contributed by atoms with Crippen molar-refractivity contribution in [2.45, 2.75) is 25.2 Å². The lowest BCUT2D eigenvalue weighted by molar-refractivity contribution is -0.138. The van der Waals surface area contributed by atoms with Gasteiger partial charge in [0.2, 0.25) is 5.91 Å². The number of benzene rings is 2. The van der Waals surface area contributed by atoms with Gasteiger partial charge in [-0.05, 0) is 48.4 Å². The minimum Gasteiger partial charge on any atom is -0.490 e. The molecule has 0 bridgehead atoms. The average molecular weight is 496 g/mol. The van der Waals surface area contributed by atoms with Crippen molar-refractivity contribution in [2.24, 2.45) is 10.2 Å². The summed E-state index contributed by atoms with van der Waals surface area (Å²) in [5.74, 6) is -0.355. The summed E-state index contributed by atoms with van der Waals surface area (Å²) in [7, 11) is 0. The molecule has 0 aromatic heterocycles. The number of halogens is 2. The van der Waals surface area contributed by atoms with Gasteiger partial charge in [-0.1, -0.05) is 41.0 Å². The first kappa shape index (κ1) is 23.9. The average Bonchev–Trinajstić information content (AvgIpc) is 3.08.